The molecule has 20 heavy (non-hydrogen) atoms. The van der Waals surface area contributed by atoms with Crippen LogP contribution in [0.5, 0.6) is 0 Å². The summed E-state index contributed by atoms with van der Waals surface area (Å²) in [6, 6.07) is 19.1. The molecule has 1 atom stereocenters. The molecule has 2 aromatic carbocycles. The Labute approximate surface area is 118 Å². The molecule has 1 N–H and O–H groups in total. The highest BCUT2D eigenvalue weighted by molar-refractivity contribution is 5.59. The predicted octanol–water partition coefficient (Wildman–Crippen LogP) is 3.61. The molecule has 0 saturated heterocycles. The minimum absolute atomic E-state index is 0.0968. The molecule has 0 radical (unpaired) electrons. The molecule has 4 nitrogen and oxygen atoms in total. The number of hydroxylamine groups is 1. The van der Waals surface area contributed by atoms with E-state index < -0.39 is 6.16 Å². The number of ether oxygens (including phenoxy) is 1. The molecule has 104 valence electrons. The molecule has 0 aliphatic rings. The molecule has 0 aliphatic carbocycles. The van der Waals surface area contributed by atoms with E-state index in [9.17, 15) is 4.79 Å². The zero-order chi connectivity index (χ0) is 14.2. The van der Waals surface area contributed by atoms with E-state index in [2.05, 4.69) is 5.48 Å². The second-order valence-corrected chi connectivity index (χ2v) is 4.38. The van der Waals surface area contributed by atoms with Gasteiger partial charge < -0.3 is 9.57 Å². The Kier molecular flexibility index (Phi) is 5.15. The van der Waals surface area contributed by atoms with Crippen molar-refractivity contribution >= 4 is 6.16 Å². The normalized spacial score (nSPS) is 11.7. The first-order chi connectivity index (χ1) is 9.75. The lowest BCUT2D eigenvalue weighted by molar-refractivity contribution is 0.00136. The zero-order valence-electron chi connectivity index (χ0n) is 11.3. The van der Waals surface area contributed by atoms with Crippen LogP contribution in [0.4, 0.5) is 4.79 Å². The summed E-state index contributed by atoms with van der Waals surface area (Å²) >= 11 is 0. The number of carbonyl (C=O) groups is 1. The summed E-state index contributed by atoms with van der Waals surface area (Å²) in [5.74, 6) is 0. The fourth-order valence-electron chi connectivity index (χ4n) is 1.69. The van der Waals surface area contributed by atoms with Gasteiger partial charge in [0.15, 0.2) is 0 Å². The van der Waals surface area contributed by atoms with Crippen molar-refractivity contribution in [1.29, 1.82) is 0 Å². The molecule has 0 saturated carbocycles. The van der Waals surface area contributed by atoms with Gasteiger partial charge in [0.05, 0.1) is 6.04 Å². The van der Waals surface area contributed by atoms with Gasteiger partial charge in [0, 0.05) is 0 Å². The van der Waals surface area contributed by atoms with Crippen LogP contribution in [0.25, 0.3) is 0 Å². The van der Waals surface area contributed by atoms with Gasteiger partial charge >= 0.3 is 6.16 Å². The largest absolute Gasteiger partial charge is 0.528 e. The number of hydrogen-bond donors (Lipinski definition) is 1. The van der Waals surface area contributed by atoms with Crippen molar-refractivity contribution in [3.05, 3.63) is 71.8 Å². The van der Waals surface area contributed by atoms with Crippen LogP contribution in [0.3, 0.4) is 0 Å². The third kappa shape index (κ3) is 4.40. The summed E-state index contributed by atoms with van der Waals surface area (Å²) in [7, 11) is 0. The molecular weight excluding hydrogens is 254 g/mol. The summed E-state index contributed by atoms with van der Waals surface area (Å²) in [6.45, 7) is 2.10. The van der Waals surface area contributed by atoms with Crippen LogP contribution in [0.2, 0.25) is 0 Å². The molecule has 0 spiro atoms. The first kappa shape index (κ1) is 14.1. The van der Waals surface area contributed by atoms with Crippen LogP contribution in [0.1, 0.15) is 24.1 Å². The molecule has 0 fully saturated rings. The average Bonchev–Trinajstić information content (AvgIpc) is 2.52. The minimum atomic E-state index is -0.739. The third-order valence-electron chi connectivity index (χ3n) is 2.82. The van der Waals surface area contributed by atoms with E-state index in [0.717, 1.165) is 11.1 Å². The van der Waals surface area contributed by atoms with E-state index >= 15 is 0 Å². The topological polar surface area (TPSA) is 47.6 Å². The number of carbonyl (C=O) groups excluding carboxylic acids is 1. The van der Waals surface area contributed by atoms with Gasteiger partial charge in [-0.3, -0.25) is 0 Å². The lowest BCUT2D eigenvalue weighted by Gasteiger charge is -2.13. The van der Waals surface area contributed by atoms with Gasteiger partial charge in [0.1, 0.15) is 6.61 Å². The van der Waals surface area contributed by atoms with Gasteiger partial charge in [0.25, 0.3) is 0 Å². The number of rotatable bonds is 5. The van der Waals surface area contributed by atoms with E-state index in [1.165, 1.54) is 0 Å². The summed E-state index contributed by atoms with van der Waals surface area (Å²) in [6.07, 6.45) is -0.739. The van der Waals surface area contributed by atoms with Crippen molar-refractivity contribution in [3.8, 4) is 0 Å². The average molecular weight is 271 g/mol. The first-order valence-electron chi connectivity index (χ1n) is 6.43. The molecule has 2 aromatic rings. The molecule has 2 rings (SSSR count). The standard InChI is InChI=1S/C16H17NO3/c1-13(15-10-6-3-7-11-15)17-20-16(18)19-12-14-8-4-2-5-9-14/h2-11,13,17H,12H2,1H3/t13-/m0/s1. The molecule has 0 aromatic heterocycles. The Morgan fingerprint density at radius 2 is 1.65 bits per heavy atom. The number of hydrogen-bond acceptors (Lipinski definition) is 4. The Balaban J connectivity index is 1.73. The summed E-state index contributed by atoms with van der Waals surface area (Å²) < 4.78 is 4.99. The van der Waals surface area contributed by atoms with E-state index in [1.807, 2.05) is 67.6 Å². The predicted molar refractivity (Wildman–Crippen MR) is 75.7 cm³/mol. The van der Waals surface area contributed by atoms with Crippen molar-refractivity contribution in [2.24, 2.45) is 0 Å². The first-order valence-corrected chi connectivity index (χ1v) is 6.43. The van der Waals surface area contributed by atoms with Crippen LogP contribution in [0, 0.1) is 0 Å². The molecule has 0 amide bonds. The van der Waals surface area contributed by atoms with Crippen molar-refractivity contribution in [3.63, 3.8) is 0 Å². The van der Waals surface area contributed by atoms with Crippen LogP contribution in [-0.2, 0) is 16.2 Å². The summed E-state index contributed by atoms with van der Waals surface area (Å²) in [5.41, 5.74) is 4.61. The van der Waals surface area contributed by atoms with Gasteiger partial charge in [-0.2, -0.15) is 0 Å². The molecule has 0 unspecified atom stereocenters. The van der Waals surface area contributed by atoms with Gasteiger partial charge in [-0.25, -0.2) is 4.79 Å². The second kappa shape index (κ2) is 7.31. The van der Waals surface area contributed by atoms with E-state index in [-0.39, 0.29) is 12.6 Å². The monoisotopic (exact) mass is 271 g/mol. The fourth-order valence-corrected chi connectivity index (χ4v) is 1.69. The minimum Gasteiger partial charge on any atom is -0.428 e. The highest BCUT2D eigenvalue weighted by Gasteiger charge is 2.09. The zero-order valence-corrected chi connectivity index (χ0v) is 11.3. The van der Waals surface area contributed by atoms with Crippen molar-refractivity contribution in [1.82, 2.24) is 5.48 Å². The maximum atomic E-state index is 11.4. The Morgan fingerprint density at radius 1 is 1.05 bits per heavy atom. The van der Waals surface area contributed by atoms with Gasteiger partial charge in [-0.1, -0.05) is 60.7 Å². The summed E-state index contributed by atoms with van der Waals surface area (Å²) in [5, 5.41) is 0. The van der Waals surface area contributed by atoms with Crippen LogP contribution in [-0.4, -0.2) is 6.16 Å². The van der Waals surface area contributed by atoms with Crippen LogP contribution < -0.4 is 5.48 Å². The van der Waals surface area contributed by atoms with Crippen LogP contribution >= 0.6 is 0 Å². The number of nitrogens with one attached hydrogen (secondary N) is 1. The molecule has 0 bridgehead atoms. The molecular formula is C16H17NO3. The fraction of sp³-hybridized carbons (Fsp3) is 0.188. The maximum absolute atomic E-state index is 11.4. The quantitative estimate of drug-likeness (QED) is 0.666. The lowest BCUT2D eigenvalue weighted by atomic mass is 10.1. The van der Waals surface area contributed by atoms with Crippen LogP contribution in [0.15, 0.2) is 60.7 Å². The Morgan fingerprint density at radius 3 is 2.30 bits per heavy atom. The highest BCUT2D eigenvalue weighted by Crippen LogP contribution is 2.11. The maximum Gasteiger partial charge on any atom is 0.528 e. The molecule has 0 heterocycles. The smallest absolute Gasteiger partial charge is 0.428 e. The molecule has 4 heteroatoms. The Hall–Kier alpha value is -2.33. The van der Waals surface area contributed by atoms with Crippen molar-refractivity contribution in [2.75, 3.05) is 0 Å². The van der Waals surface area contributed by atoms with Crippen molar-refractivity contribution in [2.45, 2.75) is 19.6 Å². The number of benzene rings is 2. The Bertz CT molecular complexity index is 528. The highest BCUT2D eigenvalue weighted by atomic mass is 16.8. The second-order valence-electron chi connectivity index (χ2n) is 4.38. The van der Waals surface area contributed by atoms with E-state index in [4.69, 9.17) is 9.57 Å². The lowest BCUT2D eigenvalue weighted by Crippen LogP contribution is -2.23. The van der Waals surface area contributed by atoms with E-state index in [1.54, 1.807) is 0 Å². The molecule has 0 aliphatic heterocycles. The van der Waals surface area contributed by atoms with Gasteiger partial charge in [0.2, 0.25) is 0 Å². The van der Waals surface area contributed by atoms with Gasteiger partial charge in [-0.05, 0) is 18.1 Å². The van der Waals surface area contributed by atoms with Gasteiger partial charge in [-0.15, -0.1) is 5.48 Å². The third-order valence-corrected chi connectivity index (χ3v) is 2.82. The van der Waals surface area contributed by atoms with E-state index in [0.29, 0.717) is 0 Å². The SMILES string of the molecule is C[C@H](NOC(=O)OCc1ccccc1)c1ccccc1. The summed E-state index contributed by atoms with van der Waals surface area (Å²) in [4.78, 5) is 16.3. The van der Waals surface area contributed by atoms with Crippen molar-refractivity contribution < 1.29 is 14.4 Å².